The van der Waals surface area contributed by atoms with Crippen molar-refractivity contribution in [2.24, 2.45) is 5.92 Å². The van der Waals surface area contributed by atoms with Gasteiger partial charge in [-0.3, -0.25) is 9.59 Å². The second-order valence-corrected chi connectivity index (χ2v) is 10.8. The van der Waals surface area contributed by atoms with Crippen LogP contribution in [-0.2, 0) is 16.1 Å². The third kappa shape index (κ3) is 5.21. The summed E-state index contributed by atoms with van der Waals surface area (Å²) in [6, 6.07) is 17.6. The molecule has 2 aliphatic heterocycles. The molecule has 0 radical (unpaired) electrons. The molecule has 8 heteroatoms. The lowest BCUT2D eigenvalue weighted by Gasteiger charge is -2.26. The van der Waals surface area contributed by atoms with Crippen molar-refractivity contribution in [1.82, 2.24) is 4.90 Å². The van der Waals surface area contributed by atoms with E-state index in [0.717, 1.165) is 22.4 Å². The zero-order valence-corrected chi connectivity index (χ0v) is 23.4. The topological polar surface area (TPSA) is 88.5 Å². The molecule has 0 aromatic heterocycles. The first-order valence-electron chi connectivity index (χ1n) is 13.3. The van der Waals surface area contributed by atoms with Gasteiger partial charge in [0.1, 0.15) is 11.5 Å². The Morgan fingerprint density at radius 1 is 1.02 bits per heavy atom. The van der Waals surface area contributed by atoms with Gasteiger partial charge in [-0.15, -0.1) is 0 Å². The Hall–Kier alpha value is -4.46. The van der Waals surface area contributed by atoms with Gasteiger partial charge in [0.15, 0.2) is 11.5 Å². The summed E-state index contributed by atoms with van der Waals surface area (Å²) in [4.78, 5) is 30.4. The highest BCUT2D eigenvalue weighted by atomic mass is 16.7. The number of amides is 1. The van der Waals surface area contributed by atoms with Gasteiger partial charge in [-0.2, -0.15) is 0 Å². The van der Waals surface area contributed by atoms with Crippen LogP contribution < -0.4 is 19.1 Å². The van der Waals surface area contributed by atoms with E-state index in [4.69, 9.17) is 14.2 Å². The smallest absolute Gasteiger partial charge is 0.295 e. The van der Waals surface area contributed by atoms with Crippen molar-refractivity contribution >= 4 is 23.1 Å². The summed E-state index contributed by atoms with van der Waals surface area (Å²) < 4.78 is 16.8. The van der Waals surface area contributed by atoms with Crippen molar-refractivity contribution in [2.45, 2.75) is 33.4 Å². The number of carbonyl (C=O) groups is 2. The molecule has 5 rings (SSSR count). The number of nitrogens with zero attached hydrogens (tertiary/aromatic N) is 2. The minimum atomic E-state index is -0.779. The van der Waals surface area contributed by atoms with E-state index in [2.05, 4.69) is 13.8 Å². The number of anilines is 1. The van der Waals surface area contributed by atoms with Gasteiger partial charge >= 0.3 is 0 Å². The van der Waals surface area contributed by atoms with Crippen LogP contribution in [0, 0.1) is 12.8 Å². The van der Waals surface area contributed by atoms with E-state index < -0.39 is 17.7 Å². The molecule has 1 unspecified atom stereocenters. The second kappa shape index (κ2) is 11.0. The minimum Gasteiger partial charge on any atom is -0.507 e. The van der Waals surface area contributed by atoms with E-state index in [1.54, 1.807) is 24.3 Å². The lowest BCUT2D eigenvalue weighted by molar-refractivity contribution is -0.140. The number of aliphatic hydroxyl groups excluding tert-OH is 1. The fourth-order valence-electron chi connectivity index (χ4n) is 4.95. The Morgan fingerprint density at radius 2 is 1.75 bits per heavy atom. The van der Waals surface area contributed by atoms with Crippen molar-refractivity contribution < 1.29 is 28.9 Å². The van der Waals surface area contributed by atoms with Gasteiger partial charge < -0.3 is 29.1 Å². The minimum absolute atomic E-state index is 0.0543. The first kappa shape index (κ1) is 27.1. The maximum Gasteiger partial charge on any atom is 0.295 e. The number of rotatable bonds is 8. The molecule has 0 aliphatic carbocycles. The molecule has 208 valence electrons. The van der Waals surface area contributed by atoms with Gasteiger partial charge in [-0.25, -0.2) is 0 Å². The summed E-state index contributed by atoms with van der Waals surface area (Å²) in [5, 5.41) is 11.5. The predicted octanol–water partition coefficient (Wildman–Crippen LogP) is 5.45. The fraction of sp³-hybridized carbons (Fsp3) is 0.312. The van der Waals surface area contributed by atoms with Crippen LogP contribution in [0.15, 0.2) is 66.2 Å². The van der Waals surface area contributed by atoms with Gasteiger partial charge in [0.05, 0.1) is 18.2 Å². The Kier molecular flexibility index (Phi) is 7.43. The summed E-state index contributed by atoms with van der Waals surface area (Å²) in [5.41, 5.74) is 3.81. The van der Waals surface area contributed by atoms with Crippen molar-refractivity contribution in [3.63, 3.8) is 0 Å². The number of ketones is 1. The molecule has 0 saturated carbocycles. The molecule has 2 heterocycles. The highest BCUT2D eigenvalue weighted by Gasteiger charge is 2.46. The van der Waals surface area contributed by atoms with Crippen molar-refractivity contribution in [2.75, 3.05) is 32.4 Å². The number of aliphatic hydroxyl groups is 1. The Labute approximate surface area is 234 Å². The molecule has 3 aromatic carbocycles. The standard InChI is InChI=1S/C32H34N2O6/c1-19(2)17-38-25-13-9-23(14-20(25)3)30(35)28-29(22-7-10-24(11-8-22)33(4)5)34(32(37)31(28)36)16-21-6-12-26-27(15-21)40-18-39-26/h6-15,19,29,35H,16-18H2,1-5H3/b30-28+. The molecular formula is C32H34N2O6. The van der Waals surface area contributed by atoms with Crippen LogP contribution in [0.4, 0.5) is 5.69 Å². The number of likely N-dealkylation sites (tertiary alicyclic amines) is 1. The Balaban J connectivity index is 1.56. The van der Waals surface area contributed by atoms with E-state index in [-0.39, 0.29) is 24.7 Å². The predicted molar refractivity (Wildman–Crippen MR) is 153 cm³/mol. The van der Waals surface area contributed by atoms with Crippen LogP contribution in [-0.4, -0.2) is 49.2 Å². The van der Waals surface area contributed by atoms with Crippen LogP contribution in [0.1, 0.15) is 42.1 Å². The largest absolute Gasteiger partial charge is 0.507 e. The molecule has 1 amide bonds. The number of aryl methyl sites for hydroxylation is 1. The first-order valence-corrected chi connectivity index (χ1v) is 13.3. The lowest BCUT2D eigenvalue weighted by atomic mass is 9.94. The lowest BCUT2D eigenvalue weighted by Crippen LogP contribution is -2.29. The zero-order valence-electron chi connectivity index (χ0n) is 23.4. The molecule has 2 aliphatic rings. The van der Waals surface area contributed by atoms with Crippen LogP contribution in [0.5, 0.6) is 17.2 Å². The molecule has 3 aromatic rings. The van der Waals surface area contributed by atoms with Crippen molar-refractivity contribution in [1.29, 1.82) is 0 Å². The third-order valence-electron chi connectivity index (χ3n) is 7.08. The Bertz CT molecular complexity index is 1480. The molecule has 0 bridgehead atoms. The molecule has 1 N–H and O–H groups in total. The number of benzene rings is 3. The first-order chi connectivity index (χ1) is 19.1. The highest BCUT2D eigenvalue weighted by molar-refractivity contribution is 6.46. The van der Waals surface area contributed by atoms with Gasteiger partial charge in [-0.1, -0.05) is 32.0 Å². The van der Waals surface area contributed by atoms with E-state index in [1.807, 2.05) is 62.3 Å². The normalized spacial score (nSPS) is 17.6. The summed E-state index contributed by atoms with van der Waals surface area (Å²) in [6.07, 6.45) is 0. The van der Waals surface area contributed by atoms with Gasteiger partial charge in [0.25, 0.3) is 11.7 Å². The number of hydrogen-bond acceptors (Lipinski definition) is 7. The van der Waals surface area contributed by atoms with Gasteiger partial charge in [0.2, 0.25) is 6.79 Å². The maximum absolute atomic E-state index is 13.5. The van der Waals surface area contributed by atoms with E-state index in [1.165, 1.54) is 4.90 Å². The number of carbonyl (C=O) groups excluding carboxylic acids is 2. The fourth-order valence-corrected chi connectivity index (χ4v) is 4.95. The van der Waals surface area contributed by atoms with Crippen LogP contribution >= 0.6 is 0 Å². The number of hydrogen-bond donors (Lipinski definition) is 1. The zero-order chi connectivity index (χ0) is 28.6. The van der Waals surface area contributed by atoms with E-state index in [0.29, 0.717) is 35.3 Å². The SMILES string of the molecule is Cc1cc(/C(O)=C2\C(=O)C(=O)N(Cc3ccc4c(c3)OCO4)C2c2ccc(N(C)C)cc2)ccc1OCC(C)C. The average molecular weight is 543 g/mol. The number of ether oxygens (including phenoxy) is 3. The molecule has 1 atom stereocenters. The Morgan fingerprint density at radius 3 is 2.42 bits per heavy atom. The van der Waals surface area contributed by atoms with E-state index in [9.17, 15) is 14.7 Å². The maximum atomic E-state index is 13.5. The van der Waals surface area contributed by atoms with Crippen molar-refractivity contribution in [3.05, 3.63) is 88.5 Å². The average Bonchev–Trinajstić information content (AvgIpc) is 3.50. The van der Waals surface area contributed by atoms with E-state index >= 15 is 0 Å². The molecule has 8 nitrogen and oxygen atoms in total. The van der Waals surface area contributed by atoms with Gasteiger partial charge in [0, 0.05) is 31.9 Å². The number of Topliss-reactive ketones (excluding diaryl/α,β-unsaturated/α-hetero) is 1. The quantitative estimate of drug-likeness (QED) is 0.230. The molecular weight excluding hydrogens is 508 g/mol. The monoisotopic (exact) mass is 542 g/mol. The highest BCUT2D eigenvalue weighted by Crippen LogP contribution is 2.42. The van der Waals surface area contributed by atoms with Crippen LogP contribution in [0.3, 0.4) is 0 Å². The summed E-state index contributed by atoms with van der Waals surface area (Å²) in [5.74, 6) is 0.699. The molecule has 1 saturated heterocycles. The summed E-state index contributed by atoms with van der Waals surface area (Å²) in [6.45, 7) is 6.90. The third-order valence-corrected chi connectivity index (χ3v) is 7.08. The summed E-state index contributed by atoms with van der Waals surface area (Å²) >= 11 is 0. The summed E-state index contributed by atoms with van der Waals surface area (Å²) in [7, 11) is 3.88. The molecule has 1 fully saturated rings. The van der Waals surface area contributed by atoms with Crippen LogP contribution in [0.25, 0.3) is 5.76 Å². The van der Waals surface area contributed by atoms with Crippen molar-refractivity contribution in [3.8, 4) is 17.2 Å². The molecule has 40 heavy (non-hydrogen) atoms. The van der Waals surface area contributed by atoms with Gasteiger partial charge in [-0.05, 0) is 72.0 Å². The number of fused-ring (bicyclic) bond motifs is 1. The second-order valence-electron chi connectivity index (χ2n) is 10.8. The van der Waals surface area contributed by atoms with Crippen LogP contribution in [0.2, 0.25) is 0 Å². The molecule has 0 spiro atoms.